The maximum absolute atomic E-state index is 15.4. The van der Waals surface area contributed by atoms with E-state index in [9.17, 15) is 0 Å². The van der Waals surface area contributed by atoms with E-state index in [4.69, 9.17) is 11.6 Å². The van der Waals surface area contributed by atoms with Crippen LogP contribution in [0, 0.1) is 12.8 Å². The largest absolute Gasteiger partial charge is 0.336 e. The first kappa shape index (κ1) is 18.8. The van der Waals surface area contributed by atoms with Crippen molar-refractivity contribution in [3.05, 3.63) is 82.7 Å². The Kier molecular flexibility index (Phi) is 4.25. The Morgan fingerprint density at radius 1 is 1.19 bits per heavy atom. The zero-order chi connectivity index (χ0) is 21.1. The van der Waals surface area contributed by atoms with Crippen LogP contribution in [0.25, 0.3) is 11.2 Å². The molecule has 0 amide bonds. The number of anilines is 1. The zero-order valence-corrected chi connectivity index (χ0v) is 17.8. The van der Waals surface area contributed by atoms with Crippen LogP contribution in [-0.2, 0) is 6.42 Å². The van der Waals surface area contributed by atoms with Gasteiger partial charge in [-0.1, -0.05) is 11.6 Å². The van der Waals surface area contributed by atoms with E-state index in [1.54, 1.807) is 12.3 Å². The standard InChI is InChI=1S/C24H21ClFN5/c1-14-2-5-18(13-27-14)30-8-6-16-11-17(12-20(26)23(16)30)19-7-9-31-21(10-15-3-4-15)28-29-24(31)22(19)25/h2,5-9,11-13,15,20,23H,3-4,10H2,1H3. The second-order valence-corrected chi connectivity index (χ2v) is 8.92. The van der Waals surface area contributed by atoms with E-state index >= 15 is 4.39 Å². The molecule has 7 heteroatoms. The Labute approximate surface area is 184 Å². The number of allylic oxidation sites excluding steroid dienone is 2. The van der Waals surface area contributed by atoms with Crippen molar-refractivity contribution in [2.45, 2.75) is 38.4 Å². The van der Waals surface area contributed by atoms with Gasteiger partial charge in [0.05, 0.1) is 22.9 Å². The molecule has 1 fully saturated rings. The van der Waals surface area contributed by atoms with Crippen molar-refractivity contribution < 1.29 is 4.39 Å². The van der Waals surface area contributed by atoms with Crippen molar-refractivity contribution in [1.82, 2.24) is 19.6 Å². The molecule has 4 heterocycles. The van der Waals surface area contributed by atoms with E-state index in [-0.39, 0.29) is 0 Å². The summed E-state index contributed by atoms with van der Waals surface area (Å²) >= 11 is 6.72. The minimum absolute atomic E-state index is 0.394. The fourth-order valence-corrected chi connectivity index (χ4v) is 4.72. The monoisotopic (exact) mass is 433 g/mol. The molecule has 0 aromatic carbocycles. The molecule has 2 unspecified atom stereocenters. The summed E-state index contributed by atoms with van der Waals surface area (Å²) in [6.07, 6.45) is 13.5. The summed E-state index contributed by atoms with van der Waals surface area (Å²) in [5, 5.41) is 9.15. The Bertz CT molecular complexity index is 1270. The highest BCUT2D eigenvalue weighted by atomic mass is 35.5. The topological polar surface area (TPSA) is 46.3 Å². The molecule has 0 bridgehead atoms. The summed E-state index contributed by atoms with van der Waals surface area (Å²) in [6, 6.07) is 5.45. The molecule has 0 saturated heterocycles. The van der Waals surface area contributed by atoms with Gasteiger partial charge in [-0.05, 0) is 73.3 Å². The van der Waals surface area contributed by atoms with Crippen LogP contribution in [0.3, 0.4) is 0 Å². The van der Waals surface area contributed by atoms with Crippen LogP contribution >= 0.6 is 11.6 Å². The maximum atomic E-state index is 15.4. The molecule has 0 spiro atoms. The van der Waals surface area contributed by atoms with E-state index in [0.717, 1.165) is 40.3 Å². The third-order valence-electron chi connectivity index (χ3n) is 6.29. The van der Waals surface area contributed by atoms with Gasteiger partial charge < -0.3 is 4.90 Å². The molecular weight excluding hydrogens is 413 g/mol. The van der Waals surface area contributed by atoms with Gasteiger partial charge >= 0.3 is 0 Å². The average molecular weight is 434 g/mol. The fraction of sp³-hybridized carbons (Fsp3) is 0.292. The lowest BCUT2D eigenvalue weighted by molar-refractivity contribution is 0.364. The van der Waals surface area contributed by atoms with Gasteiger partial charge in [-0.25, -0.2) is 4.39 Å². The number of hydrogen-bond acceptors (Lipinski definition) is 4. The highest BCUT2D eigenvalue weighted by molar-refractivity contribution is 6.35. The van der Waals surface area contributed by atoms with Crippen LogP contribution in [0.1, 0.15) is 29.9 Å². The van der Waals surface area contributed by atoms with Crippen LogP contribution in [0.5, 0.6) is 0 Å². The molecule has 0 N–H and O–H groups in total. The molecule has 0 radical (unpaired) electrons. The molecule has 31 heavy (non-hydrogen) atoms. The van der Waals surface area contributed by atoms with E-state index in [1.807, 2.05) is 59.0 Å². The van der Waals surface area contributed by atoms with Crippen molar-refractivity contribution in [2.75, 3.05) is 4.90 Å². The third-order valence-corrected chi connectivity index (χ3v) is 6.67. The summed E-state index contributed by atoms with van der Waals surface area (Å²) in [6.45, 7) is 1.94. The minimum Gasteiger partial charge on any atom is -0.336 e. The Balaban J connectivity index is 1.33. The SMILES string of the molecule is Cc1ccc(N2C=CC3=CC(c4ccn5c(CC6CC6)nnc5c4Cl)=CC(F)C32)cn1. The van der Waals surface area contributed by atoms with Gasteiger partial charge in [0.15, 0.2) is 5.65 Å². The first-order valence-electron chi connectivity index (χ1n) is 10.6. The highest BCUT2D eigenvalue weighted by Gasteiger charge is 2.35. The van der Waals surface area contributed by atoms with Crippen LogP contribution in [0.4, 0.5) is 10.1 Å². The minimum atomic E-state index is -1.18. The Morgan fingerprint density at radius 2 is 2.06 bits per heavy atom. The number of aromatic nitrogens is 4. The lowest BCUT2D eigenvalue weighted by Gasteiger charge is -2.30. The number of aryl methyl sites for hydroxylation is 1. The van der Waals surface area contributed by atoms with Crippen LogP contribution in [0.15, 0.2) is 60.6 Å². The number of halogens is 2. The second-order valence-electron chi connectivity index (χ2n) is 8.54. The summed E-state index contributed by atoms with van der Waals surface area (Å²) in [7, 11) is 0. The molecule has 6 rings (SSSR count). The smallest absolute Gasteiger partial charge is 0.180 e. The van der Waals surface area contributed by atoms with Gasteiger partial charge in [0.2, 0.25) is 0 Å². The number of pyridine rings is 2. The van der Waals surface area contributed by atoms with Crippen molar-refractivity contribution in [3.63, 3.8) is 0 Å². The maximum Gasteiger partial charge on any atom is 0.180 e. The van der Waals surface area contributed by atoms with Crippen LogP contribution in [-0.4, -0.2) is 31.8 Å². The quantitative estimate of drug-likeness (QED) is 0.574. The van der Waals surface area contributed by atoms with E-state index in [0.29, 0.717) is 16.6 Å². The summed E-state index contributed by atoms with van der Waals surface area (Å²) in [5.74, 6) is 1.65. The Hall–Kier alpha value is -2.99. The number of nitrogens with zero attached hydrogens (tertiary/aromatic N) is 5. The first-order valence-corrected chi connectivity index (χ1v) is 11.0. The van der Waals surface area contributed by atoms with Crippen molar-refractivity contribution in [2.24, 2.45) is 5.92 Å². The predicted molar refractivity (Wildman–Crippen MR) is 120 cm³/mol. The molecule has 156 valence electrons. The van der Waals surface area contributed by atoms with Crippen molar-refractivity contribution in [3.8, 4) is 0 Å². The second kappa shape index (κ2) is 7.02. The van der Waals surface area contributed by atoms with Crippen LogP contribution < -0.4 is 4.90 Å². The molecule has 1 aliphatic heterocycles. The molecule has 3 aliphatic rings. The first-order chi connectivity index (χ1) is 15.1. The lowest BCUT2D eigenvalue weighted by atomic mass is 9.90. The van der Waals surface area contributed by atoms with Gasteiger partial charge in [0.1, 0.15) is 12.0 Å². The van der Waals surface area contributed by atoms with Gasteiger partial charge in [-0.2, -0.15) is 0 Å². The summed E-state index contributed by atoms with van der Waals surface area (Å²) < 4.78 is 17.4. The molecular formula is C24H21ClFN5. The van der Waals surface area contributed by atoms with Crippen molar-refractivity contribution >= 4 is 28.5 Å². The number of hydrogen-bond donors (Lipinski definition) is 0. The van der Waals surface area contributed by atoms with E-state index in [1.165, 1.54) is 12.8 Å². The molecule has 5 nitrogen and oxygen atoms in total. The number of rotatable bonds is 4. The summed E-state index contributed by atoms with van der Waals surface area (Å²) in [4.78, 5) is 6.28. The van der Waals surface area contributed by atoms with Crippen molar-refractivity contribution in [1.29, 1.82) is 0 Å². The molecule has 3 aromatic heterocycles. The zero-order valence-electron chi connectivity index (χ0n) is 17.0. The van der Waals surface area contributed by atoms with Crippen LogP contribution in [0.2, 0.25) is 5.02 Å². The highest BCUT2D eigenvalue weighted by Crippen LogP contribution is 2.39. The average Bonchev–Trinajstić information content (AvgIpc) is 3.32. The van der Waals surface area contributed by atoms with Gasteiger partial charge in [-0.15, -0.1) is 10.2 Å². The predicted octanol–water partition coefficient (Wildman–Crippen LogP) is 5.10. The Morgan fingerprint density at radius 3 is 2.84 bits per heavy atom. The molecule has 2 aliphatic carbocycles. The third kappa shape index (κ3) is 3.17. The number of fused-ring (bicyclic) bond motifs is 2. The lowest BCUT2D eigenvalue weighted by Crippen LogP contribution is -2.37. The molecule has 3 aromatic rings. The van der Waals surface area contributed by atoms with E-state index in [2.05, 4.69) is 15.2 Å². The normalized spacial score (nSPS) is 22.6. The molecule has 2 atom stereocenters. The summed E-state index contributed by atoms with van der Waals surface area (Å²) in [5.41, 5.74) is 4.90. The van der Waals surface area contributed by atoms with Gasteiger partial charge in [0, 0.05) is 30.1 Å². The fourth-order valence-electron chi connectivity index (χ4n) is 4.42. The van der Waals surface area contributed by atoms with E-state index < -0.39 is 12.2 Å². The van der Waals surface area contributed by atoms with Gasteiger partial charge in [-0.3, -0.25) is 9.38 Å². The van der Waals surface area contributed by atoms with Gasteiger partial charge in [0.25, 0.3) is 0 Å². The molecule has 1 saturated carbocycles. The number of alkyl halides is 1.